The van der Waals surface area contributed by atoms with Crippen LogP contribution in [0.3, 0.4) is 0 Å². The molecule has 0 aliphatic carbocycles. The van der Waals surface area contributed by atoms with Gasteiger partial charge >= 0.3 is 12.0 Å². The number of hydrogen-bond acceptors (Lipinski definition) is 4. The number of amides is 2. The number of urea groups is 1. The van der Waals surface area contributed by atoms with E-state index in [-0.39, 0.29) is 12.6 Å². The summed E-state index contributed by atoms with van der Waals surface area (Å²) in [5.41, 5.74) is 1.17. The Morgan fingerprint density at radius 2 is 1.95 bits per heavy atom. The summed E-state index contributed by atoms with van der Waals surface area (Å²) in [6.45, 7) is 6.31. The lowest BCUT2D eigenvalue weighted by Gasteiger charge is -2.45. The van der Waals surface area contributed by atoms with Gasteiger partial charge in [0.1, 0.15) is 6.54 Å². The average Bonchev–Trinajstić information content (AvgIpc) is 2.49. The zero-order chi connectivity index (χ0) is 15.9. The quantitative estimate of drug-likeness (QED) is 0.809. The van der Waals surface area contributed by atoms with Crippen LogP contribution in [0, 0.1) is 0 Å². The van der Waals surface area contributed by atoms with Crippen molar-refractivity contribution in [1.82, 2.24) is 10.2 Å². The zero-order valence-corrected chi connectivity index (χ0v) is 13.1. The molecule has 120 valence electrons. The molecule has 1 aliphatic heterocycles. The number of carbonyl (C=O) groups excluding carboxylic acids is 2. The van der Waals surface area contributed by atoms with E-state index in [9.17, 15) is 9.59 Å². The molecule has 0 aromatic heterocycles. The molecular formula is C16H23N3O3. The van der Waals surface area contributed by atoms with E-state index in [4.69, 9.17) is 4.74 Å². The Hall–Kier alpha value is -2.24. The van der Waals surface area contributed by atoms with Gasteiger partial charge in [0.05, 0.1) is 12.6 Å². The van der Waals surface area contributed by atoms with E-state index in [1.54, 1.807) is 11.8 Å². The van der Waals surface area contributed by atoms with Crippen LogP contribution >= 0.6 is 0 Å². The number of nitrogens with one attached hydrogen (secondary N) is 1. The van der Waals surface area contributed by atoms with Crippen LogP contribution in [-0.2, 0) is 9.53 Å². The first-order valence-electron chi connectivity index (χ1n) is 7.65. The van der Waals surface area contributed by atoms with Gasteiger partial charge in [-0.15, -0.1) is 0 Å². The number of esters is 1. The van der Waals surface area contributed by atoms with Gasteiger partial charge in [-0.3, -0.25) is 4.79 Å². The number of anilines is 1. The van der Waals surface area contributed by atoms with Crippen LogP contribution in [0.4, 0.5) is 10.5 Å². The Bertz CT molecular complexity index is 501. The van der Waals surface area contributed by atoms with Gasteiger partial charge in [0.2, 0.25) is 0 Å². The molecule has 1 heterocycles. The van der Waals surface area contributed by atoms with E-state index in [0.29, 0.717) is 25.7 Å². The maximum absolute atomic E-state index is 11.9. The monoisotopic (exact) mass is 305 g/mol. The summed E-state index contributed by atoms with van der Waals surface area (Å²) in [5.74, 6) is -0.410. The molecule has 0 bridgehead atoms. The molecule has 1 aliphatic rings. The van der Waals surface area contributed by atoms with E-state index >= 15 is 0 Å². The topological polar surface area (TPSA) is 61.9 Å². The van der Waals surface area contributed by atoms with Crippen molar-refractivity contribution in [1.29, 1.82) is 0 Å². The third-order valence-corrected chi connectivity index (χ3v) is 3.71. The predicted molar refractivity (Wildman–Crippen MR) is 84.9 cm³/mol. The number of nitrogens with zero attached hydrogens (tertiary/aromatic N) is 2. The maximum Gasteiger partial charge on any atom is 0.325 e. The van der Waals surface area contributed by atoms with Gasteiger partial charge in [0, 0.05) is 25.3 Å². The van der Waals surface area contributed by atoms with E-state index in [2.05, 4.69) is 29.3 Å². The minimum absolute atomic E-state index is 0.0793. The molecule has 1 aromatic rings. The standard InChI is InChI=1S/C16H23N3O3/c1-3-19(13-8-6-5-7-9-13)14-11-18(12-14)16(21)17-10-15(20)22-4-2/h5-9,14H,3-4,10-12H2,1-2H3,(H,17,21). The summed E-state index contributed by atoms with van der Waals surface area (Å²) in [6.07, 6.45) is 0. The summed E-state index contributed by atoms with van der Waals surface area (Å²) in [4.78, 5) is 27.1. The Kier molecular flexibility index (Phi) is 5.63. The van der Waals surface area contributed by atoms with Crippen LogP contribution in [-0.4, -0.2) is 55.7 Å². The van der Waals surface area contributed by atoms with Gasteiger partial charge in [0.15, 0.2) is 0 Å². The molecule has 2 rings (SSSR count). The predicted octanol–water partition coefficient (Wildman–Crippen LogP) is 1.47. The minimum Gasteiger partial charge on any atom is -0.465 e. The van der Waals surface area contributed by atoms with Crippen molar-refractivity contribution < 1.29 is 14.3 Å². The van der Waals surface area contributed by atoms with Crippen molar-refractivity contribution in [2.45, 2.75) is 19.9 Å². The van der Waals surface area contributed by atoms with Gasteiger partial charge in [-0.1, -0.05) is 18.2 Å². The summed E-state index contributed by atoms with van der Waals surface area (Å²) in [7, 11) is 0. The number of benzene rings is 1. The van der Waals surface area contributed by atoms with Crippen molar-refractivity contribution >= 4 is 17.7 Å². The molecule has 22 heavy (non-hydrogen) atoms. The average molecular weight is 305 g/mol. The highest BCUT2D eigenvalue weighted by Gasteiger charge is 2.34. The summed E-state index contributed by atoms with van der Waals surface area (Å²) < 4.78 is 4.78. The second-order valence-electron chi connectivity index (χ2n) is 5.14. The second kappa shape index (κ2) is 7.68. The molecule has 0 unspecified atom stereocenters. The highest BCUT2D eigenvalue weighted by Crippen LogP contribution is 2.22. The van der Waals surface area contributed by atoms with Crippen molar-refractivity contribution in [2.75, 3.05) is 37.7 Å². The number of rotatable bonds is 6. The van der Waals surface area contributed by atoms with E-state index in [1.807, 2.05) is 18.2 Å². The fourth-order valence-electron chi connectivity index (χ4n) is 2.56. The van der Waals surface area contributed by atoms with Crippen LogP contribution < -0.4 is 10.2 Å². The molecule has 1 aromatic carbocycles. The molecule has 1 saturated heterocycles. The van der Waals surface area contributed by atoms with Crippen LogP contribution in [0.5, 0.6) is 0 Å². The molecule has 0 saturated carbocycles. The molecule has 1 fully saturated rings. The Labute approximate surface area is 131 Å². The first kappa shape index (κ1) is 16.1. The smallest absolute Gasteiger partial charge is 0.325 e. The molecular weight excluding hydrogens is 282 g/mol. The number of likely N-dealkylation sites (N-methyl/N-ethyl adjacent to an activating group) is 1. The fourth-order valence-corrected chi connectivity index (χ4v) is 2.56. The van der Waals surface area contributed by atoms with Crippen LogP contribution in [0.25, 0.3) is 0 Å². The lowest BCUT2D eigenvalue weighted by molar-refractivity contribution is -0.141. The van der Waals surface area contributed by atoms with Crippen molar-refractivity contribution in [3.05, 3.63) is 30.3 Å². The van der Waals surface area contributed by atoms with Crippen LogP contribution in [0.2, 0.25) is 0 Å². The molecule has 2 amide bonds. The normalized spacial score (nSPS) is 14.2. The molecule has 1 N–H and O–H groups in total. The van der Waals surface area contributed by atoms with Crippen molar-refractivity contribution in [2.24, 2.45) is 0 Å². The Morgan fingerprint density at radius 1 is 1.27 bits per heavy atom. The second-order valence-corrected chi connectivity index (χ2v) is 5.14. The van der Waals surface area contributed by atoms with Crippen molar-refractivity contribution in [3.63, 3.8) is 0 Å². The first-order valence-corrected chi connectivity index (χ1v) is 7.65. The lowest BCUT2D eigenvalue weighted by Crippen LogP contribution is -2.63. The van der Waals surface area contributed by atoms with Gasteiger partial charge in [-0.2, -0.15) is 0 Å². The number of para-hydroxylation sites is 1. The largest absolute Gasteiger partial charge is 0.465 e. The third-order valence-electron chi connectivity index (χ3n) is 3.71. The van der Waals surface area contributed by atoms with E-state index in [1.165, 1.54) is 5.69 Å². The summed E-state index contributed by atoms with van der Waals surface area (Å²) >= 11 is 0. The lowest BCUT2D eigenvalue weighted by atomic mass is 10.1. The van der Waals surface area contributed by atoms with E-state index in [0.717, 1.165) is 6.54 Å². The maximum atomic E-state index is 11.9. The molecule has 6 nitrogen and oxygen atoms in total. The van der Waals surface area contributed by atoms with Crippen molar-refractivity contribution in [3.8, 4) is 0 Å². The molecule has 6 heteroatoms. The Morgan fingerprint density at radius 3 is 2.55 bits per heavy atom. The minimum atomic E-state index is -0.410. The SMILES string of the molecule is CCOC(=O)CNC(=O)N1CC(N(CC)c2ccccc2)C1. The fraction of sp³-hybridized carbons (Fsp3) is 0.500. The van der Waals surface area contributed by atoms with Gasteiger partial charge in [-0.05, 0) is 26.0 Å². The molecule has 0 atom stereocenters. The number of ether oxygens (including phenoxy) is 1. The summed E-state index contributed by atoms with van der Waals surface area (Å²) in [6, 6.07) is 10.3. The number of carbonyl (C=O) groups is 2. The van der Waals surface area contributed by atoms with Crippen LogP contribution in [0.1, 0.15) is 13.8 Å². The number of likely N-dealkylation sites (tertiary alicyclic amines) is 1. The number of hydrogen-bond donors (Lipinski definition) is 1. The van der Waals surface area contributed by atoms with E-state index < -0.39 is 5.97 Å². The van der Waals surface area contributed by atoms with Gasteiger partial charge < -0.3 is 19.9 Å². The third kappa shape index (κ3) is 3.90. The molecule has 0 spiro atoms. The highest BCUT2D eigenvalue weighted by molar-refractivity contribution is 5.81. The van der Waals surface area contributed by atoms with Crippen LogP contribution in [0.15, 0.2) is 30.3 Å². The summed E-state index contributed by atoms with van der Waals surface area (Å²) in [5, 5.41) is 2.58. The van der Waals surface area contributed by atoms with Gasteiger partial charge in [-0.25, -0.2) is 4.79 Å². The zero-order valence-electron chi connectivity index (χ0n) is 13.1. The first-order chi connectivity index (χ1) is 10.7. The van der Waals surface area contributed by atoms with Gasteiger partial charge in [0.25, 0.3) is 0 Å². The Balaban J connectivity index is 1.78. The molecule has 0 radical (unpaired) electrons. The highest BCUT2D eigenvalue weighted by atomic mass is 16.5.